The average molecular weight is 418 g/mol. The van der Waals surface area contributed by atoms with E-state index >= 15 is 0 Å². The van der Waals surface area contributed by atoms with Crippen LogP contribution in [0.1, 0.15) is 46.7 Å². The summed E-state index contributed by atoms with van der Waals surface area (Å²) in [6.45, 7) is 11.1. The van der Waals surface area contributed by atoms with Crippen LogP contribution in [0.5, 0.6) is 0 Å². The fourth-order valence-electron chi connectivity index (χ4n) is 3.34. The van der Waals surface area contributed by atoms with Gasteiger partial charge in [-0.15, -0.1) is 0 Å². The van der Waals surface area contributed by atoms with Crippen molar-refractivity contribution in [3.63, 3.8) is 0 Å². The molecule has 1 atom stereocenters. The van der Waals surface area contributed by atoms with Crippen LogP contribution in [-0.4, -0.2) is 18.6 Å². The zero-order valence-corrected chi connectivity index (χ0v) is 18.1. The third kappa shape index (κ3) is 3.95. The molecule has 0 spiro atoms. The Kier molecular flexibility index (Phi) is 5.60. The predicted octanol–water partition coefficient (Wildman–Crippen LogP) is 4.46. The van der Waals surface area contributed by atoms with Crippen molar-refractivity contribution in [2.45, 2.75) is 52.5 Å². The lowest BCUT2D eigenvalue weighted by molar-refractivity contribution is 0.353. The highest BCUT2D eigenvalue weighted by Gasteiger charge is 2.27. The van der Waals surface area contributed by atoms with Crippen molar-refractivity contribution < 1.29 is 17.3 Å². The second-order valence-electron chi connectivity index (χ2n) is 7.26. The Balaban J connectivity index is 1.91. The van der Waals surface area contributed by atoms with E-state index in [1.54, 1.807) is 6.92 Å². The fourth-order valence-corrected chi connectivity index (χ4v) is 5.13. The first-order valence-corrected chi connectivity index (χ1v) is 10.7. The Bertz CT molecular complexity index is 1140. The van der Waals surface area contributed by atoms with Crippen LogP contribution < -0.4 is 4.72 Å². The standard InChI is InChI=1S/C21H24FN3O3S/c1-11-12(2)14(4)19(15(5)13(11)3)29(26,27)25-16(6)21-23-20(24-28-21)17-7-9-18(22)10-8-17/h7-10,16,25H,1-6H3. The molecule has 154 valence electrons. The largest absolute Gasteiger partial charge is 0.337 e. The molecule has 2 aromatic carbocycles. The number of aromatic nitrogens is 2. The Morgan fingerprint density at radius 2 is 1.45 bits per heavy atom. The molecule has 1 unspecified atom stereocenters. The van der Waals surface area contributed by atoms with Gasteiger partial charge in [0, 0.05) is 5.56 Å². The summed E-state index contributed by atoms with van der Waals surface area (Å²) in [5.74, 6) is 0.0252. The number of hydrogen-bond donors (Lipinski definition) is 1. The van der Waals surface area contributed by atoms with E-state index in [1.807, 2.05) is 34.6 Å². The molecule has 0 radical (unpaired) electrons. The smallest absolute Gasteiger partial charge is 0.244 e. The predicted molar refractivity (Wildman–Crippen MR) is 109 cm³/mol. The van der Waals surface area contributed by atoms with E-state index in [-0.39, 0.29) is 22.4 Å². The highest BCUT2D eigenvalue weighted by Crippen LogP contribution is 2.30. The highest BCUT2D eigenvalue weighted by molar-refractivity contribution is 7.89. The van der Waals surface area contributed by atoms with Crippen LogP contribution in [0.3, 0.4) is 0 Å². The number of nitrogens with one attached hydrogen (secondary N) is 1. The molecule has 0 fully saturated rings. The third-order valence-electron chi connectivity index (χ3n) is 5.45. The molecule has 3 aromatic rings. The Labute approximate surface area is 170 Å². The Morgan fingerprint density at radius 1 is 0.931 bits per heavy atom. The maximum atomic E-state index is 13.1. The van der Waals surface area contributed by atoms with E-state index in [0.717, 1.165) is 27.8 Å². The van der Waals surface area contributed by atoms with Crippen LogP contribution in [0.4, 0.5) is 4.39 Å². The van der Waals surface area contributed by atoms with Crippen molar-refractivity contribution in [3.8, 4) is 11.4 Å². The van der Waals surface area contributed by atoms with Crippen LogP contribution in [0, 0.1) is 40.4 Å². The minimum absolute atomic E-state index is 0.128. The summed E-state index contributed by atoms with van der Waals surface area (Å²) >= 11 is 0. The van der Waals surface area contributed by atoms with Crippen molar-refractivity contribution >= 4 is 10.0 Å². The molecule has 0 saturated carbocycles. The first kappa shape index (κ1) is 21.1. The molecule has 0 bridgehead atoms. The van der Waals surface area contributed by atoms with E-state index in [0.29, 0.717) is 5.56 Å². The lowest BCUT2D eigenvalue weighted by Gasteiger charge is -2.20. The first-order chi connectivity index (χ1) is 13.5. The molecular formula is C21H24FN3O3S. The van der Waals surface area contributed by atoms with E-state index in [4.69, 9.17) is 4.52 Å². The van der Waals surface area contributed by atoms with Gasteiger partial charge < -0.3 is 4.52 Å². The number of halogens is 1. The van der Waals surface area contributed by atoms with Gasteiger partial charge in [-0.25, -0.2) is 12.8 Å². The van der Waals surface area contributed by atoms with Gasteiger partial charge in [0.25, 0.3) is 0 Å². The van der Waals surface area contributed by atoms with Crippen LogP contribution >= 0.6 is 0 Å². The van der Waals surface area contributed by atoms with Crippen molar-refractivity contribution in [3.05, 3.63) is 63.8 Å². The molecule has 0 saturated heterocycles. The van der Waals surface area contributed by atoms with Gasteiger partial charge >= 0.3 is 0 Å². The van der Waals surface area contributed by atoms with Gasteiger partial charge in [-0.3, -0.25) is 0 Å². The summed E-state index contributed by atoms with van der Waals surface area (Å²) in [7, 11) is -3.82. The number of benzene rings is 2. The minimum atomic E-state index is -3.82. The van der Waals surface area contributed by atoms with E-state index in [1.165, 1.54) is 24.3 Å². The minimum Gasteiger partial charge on any atom is -0.337 e. The van der Waals surface area contributed by atoms with Crippen LogP contribution in [0.15, 0.2) is 33.7 Å². The van der Waals surface area contributed by atoms with Gasteiger partial charge in [0.2, 0.25) is 21.7 Å². The monoisotopic (exact) mass is 417 g/mol. The number of sulfonamides is 1. The number of hydrogen-bond acceptors (Lipinski definition) is 5. The van der Waals surface area contributed by atoms with Gasteiger partial charge in [-0.2, -0.15) is 9.71 Å². The van der Waals surface area contributed by atoms with Crippen molar-refractivity contribution in [1.82, 2.24) is 14.9 Å². The molecule has 0 aliphatic rings. The molecule has 0 aliphatic heterocycles. The van der Waals surface area contributed by atoms with Crippen molar-refractivity contribution in [2.24, 2.45) is 0 Å². The first-order valence-electron chi connectivity index (χ1n) is 9.21. The molecule has 1 N–H and O–H groups in total. The van der Waals surface area contributed by atoms with Gasteiger partial charge in [0.05, 0.1) is 10.9 Å². The zero-order chi connectivity index (χ0) is 21.5. The molecule has 0 aliphatic carbocycles. The lowest BCUT2D eigenvalue weighted by Crippen LogP contribution is -2.29. The molecule has 3 rings (SSSR count). The third-order valence-corrected chi connectivity index (χ3v) is 7.26. The summed E-state index contributed by atoms with van der Waals surface area (Å²) in [5.41, 5.74) is 5.03. The van der Waals surface area contributed by atoms with Gasteiger partial charge in [-0.1, -0.05) is 5.16 Å². The van der Waals surface area contributed by atoms with Gasteiger partial charge in [0.15, 0.2) is 0 Å². The molecule has 0 amide bonds. The van der Waals surface area contributed by atoms with Crippen LogP contribution in [0.25, 0.3) is 11.4 Å². The second kappa shape index (κ2) is 7.68. The maximum absolute atomic E-state index is 13.1. The maximum Gasteiger partial charge on any atom is 0.244 e. The Morgan fingerprint density at radius 3 is 2.00 bits per heavy atom. The average Bonchev–Trinajstić information content (AvgIpc) is 3.15. The fraction of sp³-hybridized carbons (Fsp3) is 0.333. The zero-order valence-electron chi connectivity index (χ0n) is 17.3. The van der Waals surface area contributed by atoms with Crippen LogP contribution in [0.2, 0.25) is 0 Å². The van der Waals surface area contributed by atoms with Gasteiger partial charge in [0.1, 0.15) is 5.82 Å². The SMILES string of the molecule is Cc1c(C)c(C)c(S(=O)(=O)NC(C)c2nc(-c3ccc(F)cc3)no2)c(C)c1C. The van der Waals surface area contributed by atoms with Gasteiger partial charge in [-0.05, 0) is 93.6 Å². The summed E-state index contributed by atoms with van der Waals surface area (Å²) in [4.78, 5) is 4.54. The summed E-state index contributed by atoms with van der Waals surface area (Å²) in [5, 5.41) is 3.87. The van der Waals surface area contributed by atoms with E-state index in [2.05, 4.69) is 14.9 Å². The molecule has 1 aromatic heterocycles. The van der Waals surface area contributed by atoms with E-state index in [9.17, 15) is 12.8 Å². The molecule has 6 nitrogen and oxygen atoms in total. The summed E-state index contributed by atoms with van der Waals surface area (Å²) in [6, 6.07) is 4.92. The van der Waals surface area contributed by atoms with E-state index < -0.39 is 16.1 Å². The number of nitrogens with zero attached hydrogens (tertiary/aromatic N) is 2. The topological polar surface area (TPSA) is 85.1 Å². The summed E-state index contributed by atoms with van der Waals surface area (Å²) < 4.78 is 47.3. The second-order valence-corrected chi connectivity index (χ2v) is 8.91. The Hall–Kier alpha value is -2.58. The molecule has 8 heteroatoms. The normalized spacial score (nSPS) is 12.9. The quantitative estimate of drug-likeness (QED) is 0.663. The molecule has 1 heterocycles. The lowest BCUT2D eigenvalue weighted by atomic mass is 9.95. The molecular weight excluding hydrogens is 393 g/mol. The van der Waals surface area contributed by atoms with Crippen LogP contribution in [-0.2, 0) is 10.0 Å². The summed E-state index contributed by atoms with van der Waals surface area (Å²) in [6.07, 6.45) is 0. The van der Waals surface area contributed by atoms with Crippen molar-refractivity contribution in [1.29, 1.82) is 0 Å². The number of rotatable bonds is 5. The van der Waals surface area contributed by atoms with Crippen molar-refractivity contribution in [2.75, 3.05) is 0 Å². The highest BCUT2D eigenvalue weighted by atomic mass is 32.2. The molecule has 29 heavy (non-hydrogen) atoms.